The number of carboxylic acids is 1. The lowest BCUT2D eigenvalue weighted by molar-refractivity contribution is -0.139. The standard InChI is InChI=1S/C15H19NO5S/c1-3-5-6-13(15(18)19)16-14(17)11-7-9-12(10-8-11)22(20,21)4-2/h3,7-10,13H,1,4-6H2,2H3,(H,16,17)(H,18,19). The predicted octanol–water partition coefficient (Wildman–Crippen LogP) is 1.63. The molecule has 6 nitrogen and oxygen atoms in total. The summed E-state index contributed by atoms with van der Waals surface area (Å²) >= 11 is 0. The van der Waals surface area contributed by atoms with Gasteiger partial charge in [-0.25, -0.2) is 13.2 Å². The van der Waals surface area contributed by atoms with Crippen LogP contribution in [0.3, 0.4) is 0 Å². The van der Waals surface area contributed by atoms with Crippen LogP contribution in [0.2, 0.25) is 0 Å². The zero-order chi connectivity index (χ0) is 16.8. The van der Waals surface area contributed by atoms with Gasteiger partial charge in [-0.05, 0) is 37.1 Å². The molecule has 2 N–H and O–H groups in total. The quantitative estimate of drug-likeness (QED) is 0.708. The molecule has 0 spiro atoms. The number of carbonyl (C=O) groups is 2. The molecular weight excluding hydrogens is 306 g/mol. The van der Waals surface area contributed by atoms with Crippen molar-refractivity contribution in [3.8, 4) is 0 Å². The fourth-order valence-corrected chi connectivity index (χ4v) is 2.65. The Morgan fingerprint density at radius 3 is 2.36 bits per heavy atom. The Labute approximate surface area is 129 Å². The number of carboxylic acid groups (broad SMARTS) is 1. The number of amides is 1. The molecule has 1 aromatic carbocycles. The van der Waals surface area contributed by atoms with Crippen molar-refractivity contribution < 1.29 is 23.1 Å². The fourth-order valence-electron chi connectivity index (χ4n) is 1.76. The van der Waals surface area contributed by atoms with Crippen molar-refractivity contribution in [2.24, 2.45) is 0 Å². The molecule has 1 aromatic rings. The van der Waals surface area contributed by atoms with E-state index in [-0.39, 0.29) is 22.6 Å². The van der Waals surface area contributed by atoms with Crippen LogP contribution >= 0.6 is 0 Å². The first-order chi connectivity index (χ1) is 10.3. The third-order valence-electron chi connectivity index (χ3n) is 3.12. The molecule has 0 bridgehead atoms. The van der Waals surface area contributed by atoms with Crippen molar-refractivity contribution in [1.29, 1.82) is 0 Å². The van der Waals surface area contributed by atoms with Gasteiger partial charge in [0.25, 0.3) is 5.91 Å². The van der Waals surface area contributed by atoms with Gasteiger partial charge in [-0.3, -0.25) is 4.79 Å². The summed E-state index contributed by atoms with van der Waals surface area (Å²) in [4.78, 5) is 23.2. The summed E-state index contributed by atoms with van der Waals surface area (Å²) in [6.07, 6.45) is 2.28. The number of sulfone groups is 1. The Hall–Kier alpha value is -2.15. The molecule has 7 heteroatoms. The number of carbonyl (C=O) groups excluding carboxylic acids is 1. The van der Waals surface area contributed by atoms with Crippen molar-refractivity contribution >= 4 is 21.7 Å². The average Bonchev–Trinajstić information content (AvgIpc) is 2.51. The first-order valence-electron chi connectivity index (χ1n) is 6.79. The van der Waals surface area contributed by atoms with Gasteiger partial charge in [0.15, 0.2) is 9.84 Å². The maximum absolute atomic E-state index is 12.0. The van der Waals surface area contributed by atoms with Crippen LogP contribution in [0.5, 0.6) is 0 Å². The summed E-state index contributed by atoms with van der Waals surface area (Å²) in [6, 6.07) is 4.40. The highest BCUT2D eigenvalue weighted by Gasteiger charge is 2.20. The summed E-state index contributed by atoms with van der Waals surface area (Å²) in [5, 5.41) is 11.5. The zero-order valence-electron chi connectivity index (χ0n) is 12.3. The second kappa shape index (κ2) is 7.74. The van der Waals surface area contributed by atoms with Gasteiger partial charge in [0.1, 0.15) is 6.04 Å². The van der Waals surface area contributed by atoms with Crippen molar-refractivity contribution in [3.05, 3.63) is 42.5 Å². The lowest BCUT2D eigenvalue weighted by Gasteiger charge is -2.13. The van der Waals surface area contributed by atoms with Crippen LogP contribution in [0.25, 0.3) is 0 Å². The number of hydrogen-bond donors (Lipinski definition) is 2. The SMILES string of the molecule is C=CCCC(NC(=O)c1ccc(S(=O)(=O)CC)cc1)C(=O)O. The predicted molar refractivity (Wildman–Crippen MR) is 82.5 cm³/mol. The van der Waals surface area contributed by atoms with Gasteiger partial charge >= 0.3 is 5.97 Å². The van der Waals surface area contributed by atoms with Crippen LogP contribution in [-0.4, -0.2) is 37.2 Å². The van der Waals surface area contributed by atoms with Crippen LogP contribution in [-0.2, 0) is 14.6 Å². The van der Waals surface area contributed by atoms with E-state index in [0.717, 1.165) is 0 Å². The fraction of sp³-hybridized carbons (Fsp3) is 0.333. The highest BCUT2D eigenvalue weighted by atomic mass is 32.2. The third-order valence-corrected chi connectivity index (χ3v) is 4.87. The Balaban J connectivity index is 2.85. The first kappa shape index (κ1) is 17.9. The Bertz CT molecular complexity index is 649. The molecular formula is C15H19NO5S. The molecule has 0 fully saturated rings. The van der Waals surface area contributed by atoms with E-state index in [1.54, 1.807) is 6.08 Å². The van der Waals surface area contributed by atoms with Crippen LogP contribution in [0, 0.1) is 0 Å². The van der Waals surface area contributed by atoms with Gasteiger partial charge in [-0.2, -0.15) is 0 Å². The minimum absolute atomic E-state index is 0.0266. The van der Waals surface area contributed by atoms with E-state index in [4.69, 9.17) is 5.11 Å². The number of allylic oxidation sites excluding steroid dienone is 1. The van der Waals surface area contributed by atoms with Crippen LogP contribution in [0.4, 0.5) is 0 Å². The smallest absolute Gasteiger partial charge is 0.326 e. The molecule has 0 aliphatic heterocycles. The minimum Gasteiger partial charge on any atom is -0.480 e. The van der Waals surface area contributed by atoms with Crippen molar-refractivity contribution in [2.75, 3.05) is 5.75 Å². The Morgan fingerprint density at radius 1 is 1.32 bits per heavy atom. The third kappa shape index (κ3) is 4.70. The van der Waals surface area contributed by atoms with E-state index >= 15 is 0 Å². The molecule has 0 aromatic heterocycles. The Kier molecular flexibility index (Phi) is 6.30. The topological polar surface area (TPSA) is 101 Å². The van der Waals surface area contributed by atoms with E-state index in [9.17, 15) is 18.0 Å². The van der Waals surface area contributed by atoms with Gasteiger partial charge in [0.05, 0.1) is 10.6 Å². The van der Waals surface area contributed by atoms with Gasteiger partial charge in [0.2, 0.25) is 0 Å². The number of hydrogen-bond acceptors (Lipinski definition) is 4. The van der Waals surface area contributed by atoms with E-state index < -0.39 is 27.8 Å². The highest BCUT2D eigenvalue weighted by Crippen LogP contribution is 2.12. The molecule has 1 rings (SSSR count). The molecule has 0 heterocycles. The maximum Gasteiger partial charge on any atom is 0.326 e. The molecule has 0 saturated carbocycles. The highest BCUT2D eigenvalue weighted by molar-refractivity contribution is 7.91. The first-order valence-corrected chi connectivity index (χ1v) is 8.44. The van der Waals surface area contributed by atoms with Crippen LogP contribution in [0.1, 0.15) is 30.1 Å². The number of benzene rings is 1. The summed E-state index contributed by atoms with van der Waals surface area (Å²) in [5.41, 5.74) is 0.208. The van der Waals surface area contributed by atoms with E-state index in [1.165, 1.54) is 31.2 Å². The van der Waals surface area contributed by atoms with Gasteiger partial charge in [-0.1, -0.05) is 13.0 Å². The summed E-state index contributed by atoms with van der Waals surface area (Å²) < 4.78 is 23.4. The molecule has 0 saturated heterocycles. The molecule has 0 radical (unpaired) electrons. The monoisotopic (exact) mass is 325 g/mol. The van der Waals surface area contributed by atoms with Crippen molar-refractivity contribution in [1.82, 2.24) is 5.32 Å². The lowest BCUT2D eigenvalue weighted by Crippen LogP contribution is -2.40. The zero-order valence-corrected chi connectivity index (χ0v) is 13.1. The lowest BCUT2D eigenvalue weighted by atomic mass is 10.1. The van der Waals surface area contributed by atoms with E-state index in [0.29, 0.717) is 6.42 Å². The number of nitrogens with one attached hydrogen (secondary N) is 1. The van der Waals surface area contributed by atoms with Gasteiger partial charge < -0.3 is 10.4 Å². The molecule has 1 amide bonds. The molecule has 0 aliphatic rings. The second-order valence-corrected chi connectivity index (χ2v) is 6.94. The van der Waals surface area contributed by atoms with Gasteiger partial charge in [-0.15, -0.1) is 6.58 Å². The Morgan fingerprint density at radius 2 is 1.91 bits per heavy atom. The number of rotatable bonds is 8. The minimum atomic E-state index is -3.33. The van der Waals surface area contributed by atoms with Crippen molar-refractivity contribution in [3.63, 3.8) is 0 Å². The maximum atomic E-state index is 12.0. The summed E-state index contributed by atoms with van der Waals surface area (Å²) in [6.45, 7) is 5.04. The largest absolute Gasteiger partial charge is 0.480 e. The molecule has 1 unspecified atom stereocenters. The second-order valence-electron chi connectivity index (χ2n) is 4.66. The van der Waals surface area contributed by atoms with Crippen molar-refractivity contribution in [2.45, 2.75) is 30.7 Å². The number of aliphatic carboxylic acids is 1. The molecule has 22 heavy (non-hydrogen) atoms. The normalized spacial score (nSPS) is 12.4. The molecule has 0 aliphatic carbocycles. The summed E-state index contributed by atoms with van der Waals surface area (Å²) in [5.74, 6) is -1.71. The van der Waals surface area contributed by atoms with Crippen LogP contribution < -0.4 is 5.32 Å². The average molecular weight is 325 g/mol. The van der Waals surface area contributed by atoms with E-state index in [2.05, 4.69) is 11.9 Å². The van der Waals surface area contributed by atoms with Gasteiger partial charge in [0, 0.05) is 5.56 Å². The molecule has 1 atom stereocenters. The molecule has 120 valence electrons. The van der Waals surface area contributed by atoms with E-state index in [1.807, 2.05) is 0 Å². The summed E-state index contributed by atoms with van der Waals surface area (Å²) in [7, 11) is -3.33. The van der Waals surface area contributed by atoms with Crippen LogP contribution in [0.15, 0.2) is 41.8 Å².